The topological polar surface area (TPSA) is 64.3 Å². The van der Waals surface area contributed by atoms with Crippen LogP contribution < -0.4 is 10.3 Å². The van der Waals surface area contributed by atoms with Gasteiger partial charge in [0, 0.05) is 25.3 Å². The van der Waals surface area contributed by atoms with Gasteiger partial charge >= 0.3 is 0 Å². The lowest BCUT2D eigenvalue weighted by molar-refractivity contribution is 0.215. The summed E-state index contributed by atoms with van der Waals surface area (Å²) in [5.74, 6) is 0.405. The predicted octanol–water partition coefficient (Wildman–Crippen LogP) is -0.120. The average Bonchev–Trinajstić information content (AvgIpc) is 2.21. The van der Waals surface area contributed by atoms with E-state index in [9.17, 15) is 4.79 Å². The van der Waals surface area contributed by atoms with E-state index in [1.54, 1.807) is 0 Å². The Morgan fingerprint density at radius 3 is 2.93 bits per heavy atom. The first kappa shape index (κ1) is 10.7. The first-order valence-electron chi connectivity index (χ1n) is 4.40. The Bertz CT molecular complexity index is 348. The molecule has 0 fully saturated rings. The molecule has 1 rings (SSSR count). The van der Waals surface area contributed by atoms with Crippen LogP contribution in [0.25, 0.3) is 0 Å². The van der Waals surface area contributed by atoms with Crippen LogP contribution in [0.5, 0.6) is 5.88 Å². The van der Waals surface area contributed by atoms with Crippen LogP contribution in [0.15, 0.2) is 16.9 Å². The molecule has 5 heteroatoms. The number of aliphatic hydroxyl groups excluding tert-OH is 1. The van der Waals surface area contributed by atoms with Gasteiger partial charge < -0.3 is 9.84 Å². The van der Waals surface area contributed by atoms with Crippen molar-refractivity contribution in [3.63, 3.8) is 0 Å². The van der Waals surface area contributed by atoms with Gasteiger partial charge in [0.2, 0.25) is 5.88 Å². The number of methoxy groups -OCH3 is 1. The minimum atomic E-state index is -0.189. The maximum atomic E-state index is 11.3. The van der Waals surface area contributed by atoms with E-state index in [0.29, 0.717) is 12.4 Å². The summed E-state index contributed by atoms with van der Waals surface area (Å²) in [7, 11) is 1.49. The largest absolute Gasteiger partial charge is 0.480 e. The molecule has 0 aliphatic heterocycles. The zero-order chi connectivity index (χ0) is 10.6. The molecule has 1 heterocycles. The monoisotopic (exact) mass is 198 g/mol. The number of rotatable bonds is 4. The summed E-state index contributed by atoms with van der Waals surface area (Å²) in [5, 5.41) is 12.8. The number of nitrogens with zero attached hydrogens (tertiary/aromatic N) is 2. The van der Waals surface area contributed by atoms with E-state index in [0.717, 1.165) is 0 Å². The van der Waals surface area contributed by atoms with E-state index >= 15 is 0 Å². The summed E-state index contributed by atoms with van der Waals surface area (Å²) in [5.41, 5.74) is -0.189. The Labute approximate surface area is 81.9 Å². The average molecular weight is 198 g/mol. The van der Waals surface area contributed by atoms with Gasteiger partial charge in [-0.3, -0.25) is 4.79 Å². The molecule has 1 aromatic rings. The fraction of sp³-hybridized carbons (Fsp3) is 0.556. The molecule has 14 heavy (non-hydrogen) atoms. The van der Waals surface area contributed by atoms with E-state index in [1.165, 1.54) is 23.9 Å². The van der Waals surface area contributed by atoms with Gasteiger partial charge in [-0.05, 0) is 5.92 Å². The minimum Gasteiger partial charge on any atom is -0.480 e. The van der Waals surface area contributed by atoms with Crippen LogP contribution in [0, 0.1) is 5.92 Å². The molecule has 78 valence electrons. The molecule has 0 amide bonds. The van der Waals surface area contributed by atoms with Gasteiger partial charge in [0.15, 0.2) is 0 Å². The van der Waals surface area contributed by atoms with Gasteiger partial charge in [-0.25, -0.2) is 4.68 Å². The summed E-state index contributed by atoms with van der Waals surface area (Å²) < 4.78 is 6.18. The van der Waals surface area contributed by atoms with Gasteiger partial charge in [-0.2, -0.15) is 0 Å². The van der Waals surface area contributed by atoms with Crippen molar-refractivity contribution in [3.05, 3.63) is 22.5 Å². The third kappa shape index (κ3) is 2.56. The summed E-state index contributed by atoms with van der Waals surface area (Å²) in [6.07, 6.45) is 0. The Kier molecular flexibility index (Phi) is 3.64. The highest BCUT2D eigenvalue weighted by Crippen LogP contribution is 2.01. The second-order valence-corrected chi connectivity index (χ2v) is 3.18. The predicted molar refractivity (Wildman–Crippen MR) is 51.3 cm³/mol. The van der Waals surface area contributed by atoms with Crippen LogP contribution in [-0.4, -0.2) is 28.6 Å². The highest BCUT2D eigenvalue weighted by atomic mass is 16.5. The first-order chi connectivity index (χ1) is 6.67. The van der Waals surface area contributed by atoms with Gasteiger partial charge in [-0.15, -0.1) is 5.10 Å². The van der Waals surface area contributed by atoms with E-state index in [4.69, 9.17) is 9.84 Å². The highest BCUT2D eigenvalue weighted by Gasteiger charge is 2.05. The van der Waals surface area contributed by atoms with Crippen molar-refractivity contribution < 1.29 is 9.84 Å². The molecule has 0 radical (unpaired) electrons. The minimum absolute atomic E-state index is 0.00676. The van der Waals surface area contributed by atoms with Crippen LogP contribution in [0.2, 0.25) is 0 Å². The van der Waals surface area contributed by atoms with E-state index in [-0.39, 0.29) is 18.1 Å². The van der Waals surface area contributed by atoms with Gasteiger partial charge in [0.05, 0.1) is 7.11 Å². The highest BCUT2D eigenvalue weighted by molar-refractivity contribution is 5.05. The van der Waals surface area contributed by atoms with Crippen LogP contribution in [0.3, 0.4) is 0 Å². The van der Waals surface area contributed by atoms with Crippen molar-refractivity contribution in [1.82, 2.24) is 9.78 Å². The molecule has 0 saturated carbocycles. The molecule has 1 aromatic heterocycles. The maximum Gasteiger partial charge on any atom is 0.266 e. The molecular formula is C9H14N2O3. The summed E-state index contributed by atoms with van der Waals surface area (Å²) >= 11 is 0. The molecule has 1 unspecified atom stereocenters. The van der Waals surface area contributed by atoms with Crippen LogP contribution in [0.1, 0.15) is 6.92 Å². The Morgan fingerprint density at radius 1 is 1.64 bits per heavy atom. The number of aromatic nitrogens is 2. The van der Waals surface area contributed by atoms with Crippen LogP contribution in [0.4, 0.5) is 0 Å². The van der Waals surface area contributed by atoms with Crippen molar-refractivity contribution in [1.29, 1.82) is 0 Å². The first-order valence-corrected chi connectivity index (χ1v) is 4.40. The third-order valence-corrected chi connectivity index (χ3v) is 1.85. The molecule has 0 aliphatic carbocycles. The molecular weight excluding hydrogens is 184 g/mol. The second-order valence-electron chi connectivity index (χ2n) is 3.18. The number of hydrogen-bond acceptors (Lipinski definition) is 4. The quantitative estimate of drug-likeness (QED) is 0.732. The molecule has 0 spiro atoms. The molecule has 0 bridgehead atoms. The molecule has 0 aliphatic rings. The van der Waals surface area contributed by atoms with E-state index in [2.05, 4.69) is 5.10 Å². The second kappa shape index (κ2) is 4.76. The Morgan fingerprint density at radius 2 is 2.36 bits per heavy atom. The smallest absolute Gasteiger partial charge is 0.266 e. The van der Waals surface area contributed by atoms with E-state index < -0.39 is 0 Å². The van der Waals surface area contributed by atoms with Crippen molar-refractivity contribution in [3.8, 4) is 5.88 Å². The van der Waals surface area contributed by atoms with Crippen molar-refractivity contribution in [2.45, 2.75) is 13.5 Å². The number of aliphatic hydroxyl groups is 1. The normalized spacial score (nSPS) is 12.5. The Balaban J connectivity index is 2.89. The van der Waals surface area contributed by atoms with Gasteiger partial charge in [-0.1, -0.05) is 6.92 Å². The van der Waals surface area contributed by atoms with Gasteiger partial charge in [0.1, 0.15) is 0 Å². The van der Waals surface area contributed by atoms with Crippen LogP contribution in [-0.2, 0) is 6.54 Å². The molecule has 5 nitrogen and oxygen atoms in total. The lowest BCUT2D eigenvalue weighted by Crippen LogP contribution is -2.26. The summed E-state index contributed by atoms with van der Waals surface area (Å²) in [6, 6.07) is 2.92. The number of hydrogen-bond donors (Lipinski definition) is 1. The molecule has 1 atom stereocenters. The SMILES string of the molecule is COc1ccc(=O)n(CC(C)CO)n1. The van der Waals surface area contributed by atoms with Crippen molar-refractivity contribution >= 4 is 0 Å². The fourth-order valence-corrected chi connectivity index (χ4v) is 1.02. The maximum absolute atomic E-state index is 11.3. The summed E-state index contributed by atoms with van der Waals surface area (Å²) in [4.78, 5) is 11.3. The van der Waals surface area contributed by atoms with Crippen molar-refractivity contribution in [2.24, 2.45) is 5.92 Å². The van der Waals surface area contributed by atoms with Crippen molar-refractivity contribution in [2.75, 3.05) is 13.7 Å². The standard InChI is InChI=1S/C9H14N2O3/c1-7(6-12)5-11-9(13)4-3-8(10-11)14-2/h3-4,7,12H,5-6H2,1-2H3. The summed E-state index contributed by atoms with van der Waals surface area (Å²) in [6.45, 7) is 2.27. The fourth-order valence-electron chi connectivity index (χ4n) is 1.02. The molecule has 0 aromatic carbocycles. The van der Waals surface area contributed by atoms with Crippen LogP contribution >= 0.6 is 0 Å². The molecule has 0 saturated heterocycles. The molecule has 1 N–H and O–H groups in total. The lowest BCUT2D eigenvalue weighted by Gasteiger charge is -2.09. The third-order valence-electron chi connectivity index (χ3n) is 1.85. The zero-order valence-electron chi connectivity index (χ0n) is 8.30. The Hall–Kier alpha value is -1.36. The lowest BCUT2D eigenvalue weighted by atomic mass is 10.2. The zero-order valence-corrected chi connectivity index (χ0v) is 8.30. The van der Waals surface area contributed by atoms with E-state index in [1.807, 2.05) is 6.92 Å². The number of ether oxygens (including phenoxy) is 1. The van der Waals surface area contributed by atoms with Gasteiger partial charge in [0.25, 0.3) is 5.56 Å².